The monoisotopic (exact) mass is 313 g/mol. The molecule has 0 spiro atoms. The Labute approximate surface area is 134 Å². The van der Waals surface area contributed by atoms with Crippen molar-refractivity contribution in [2.75, 3.05) is 6.54 Å². The van der Waals surface area contributed by atoms with Crippen LogP contribution in [0, 0.1) is 6.92 Å². The van der Waals surface area contributed by atoms with Gasteiger partial charge in [0, 0.05) is 23.5 Å². The van der Waals surface area contributed by atoms with E-state index in [-0.39, 0.29) is 18.5 Å². The number of aliphatic carboxylic acids is 1. The molecule has 3 rings (SSSR count). The van der Waals surface area contributed by atoms with Crippen LogP contribution < -0.4 is 0 Å². The second-order valence-corrected chi connectivity index (χ2v) is 5.84. The zero-order chi connectivity index (χ0) is 16.4. The van der Waals surface area contributed by atoms with Gasteiger partial charge in [-0.05, 0) is 56.5 Å². The first kappa shape index (κ1) is 15.3. The van der Waals surface area contributed by atoms with Crippen LogP contribution in [0.25, 0.3) is 5.69 Å². The van der Waals surface area contributed by atoms with Crippen LogP contribution in [0.15, 0.2) is 36.5 Å². The molecule has 1 aliphatic rings. The Morgan fingerprint density at radius 1 is 1.26 bits per heavy atom. The van der Waals surface area contributed by atoms with Crippen molar-refractivity contribution in [3.8, 4) is 5.69 Å². The molecule has 0 atom stereocenters. The van der Waals surface area contributed by atoms with E-state index in [1.54, 1.807) is 23.0 Å². The number of aromatic nitrogens is 2. The van der Waals surface area contributed by atoms with Crippen LogP contribution in [0.4, 0.5) is 0 Å². The number of hydrogen-bond donors (Lipinski definition) is 1. The van der Waals surface area contributed by atoms with Gasteiger partial charge in [-0.1, -0.05) is 0 Å². The highest BCUT2D eigenvalue weighted by Crippen LogP contribution is 2.26. The normalized spacial score (nSPS) is 14.3. The predicted octanol–water partition coefficient (Wildman–Crippen LogP) is 2.26. The van der Waals surface area contributed by atoms with E-state index in [1.807, 2.05) is 25.1 Å². The van der Waals surface area contributed by atoms with Crippen molar-refractivity contribution in [1.29, 1.82) is 0 Å². The average Bonchev–Trinajstić information content (AvgIpc) is 2.90. The fraction of sp³-hybridized carbons (Fsp3) is 0.353. The van der Waals surface area contributed by atoms with Gasteiger partial charge in [-0.2, -0.15) is 5.10 Å². The van der Waals surface area contributed by atoms with E-state index in [2.05, 4.69) is 5.10 Å². The summed E-state index contributed by atoms with van der Waals surface area (Å²) in [6.07, 6.45) is 4.53. The Balaban J connectivity index is 1.81. The fourth-order valence-corrected chi connectivity index (χ4v) is 2.76. The minimum atomic E-state index is -0.978. The number of hydrogen-bond acceptors (Lipinski definition) is 3. The Hall–Kier alpha value is -2.63. The van der Waals surface area contributed by atoms with Gasteiger partial charge >= 0.3 is 5.97 Å². The van der Waals surface area contributed by atoms with Crippen molar-refractivity contribution >= 4 is 11.9 Å². The topological polar surface area (TPSA) is 75.4 Å². The number of benzene rings is 1. The molecule has 0 aliphatic heterocycles. The van der Waals surface area contributed by atoms with Gasteiger partial charge in [-0.25, -0.2) is 4.68 Å². The van der Waals surface area contributed by atoms with E-state index in [1.165, 1.54) is 4.90 Å². The van der Waals surface area contributed by atoms with Crippen LogP contribution in [0.5, 0.6) is 0 Å². The Morgan fingerprint density at radius 2 is 1.96 bits per heavy atom. The van der Waals surface area contributed by atoms with Crippen LogP contribution in [0.2, 0.25) is 0 Å². The first-order valence-electron chi connectivity index (χ1n) is 7.70. The van der Waals surface area contributed by atoms with Gasteiger partial charge in [0.25, 0.3) is 5.91 Å². The molecule has 1 aliphatic carbocycles. The summed E-state index contributed by atoms with van der Waals surface area (Å²) in [4.78, 5) is 25.1. The molecule has 1 amide bonds. The Morgan fingerprint density at radius 3 is 2.43 bits per heavy atom. The van der Waals surface area contributed by atoms with Gasteiger partial charge in [0.1, 0.15) is 6.54 Å². The summed E-state index contributed by atoms with van der Waals surface area (Å²) >= 11 is 0. The highest BCUT2D eigenvalue weighted by atomic mass is 16.4. The Kier molecular flexibility index (Phi) is 4.14. The highest BCUT2D eigenvalue weighted by molar-refractivity contribution is 5.96. The zero-order valence-corrected chi connectivity index (χ0v) is 13.0. The molecule has 6 heteroatoms. The van der Waals surface area contributed by atoms with Crippen molar-refractivity contribution < 1.29 is 14.7 Å². The molecule has 1 saturated carbocycles. The summed E-state index contributed by atoms with van der Waals surface area (Å²) in [7, 11) is 0. The molecule has 1 fully saturated rings. The van der Waals surface area contributed by atoms with E-state index in [9.17, 15) is 9.59 Å². The number of carboxylic acids is 1. The molecule has 0 radical (unpaired) electrons. The quantitative estimate of drug-likeness (QED) is 0.918. The molecule has 0 saturated heterocycles. The third-order valence-electron chi connectivity index (χ3n) is 4.27. The summed E-state index contributed by atoms with van der Waals surface area (Å²) < 4.78 is 1.79. The average molecular weight is 313 g/mol. The minimum absolute atomic E-state index is 0.0478. The minimum Gasteiger partial charge on any atom is -0.480 e. The number of amides is 1. The van der Waals surface area contributed by atoms with E-state index < -0.39 is 5.97 Å². The van der Waals surface area contributed by atoms with E-state index in [0.717, 1.165) is 30.6 Å². The van der Waals surface area contributed by atoms with Crippen molar-refractivity contribution in [3.63, 3.8) is 0 Å². The molecule has 1 heterocycles. The Bertz CT molecular complexity index is 717. The van der Waals surface area contributed by atoms with Crippen molar-refractivity contribution in [3.05, 3.63) is 47.8 Å². The number of nitrogens with zero attached hydrogens (tertiary/aromatic N) is 3. The summed E-state index contributed by atoms with van der Waals surface area (Å²) in [5, 5.41) is 13.3. The van der Waals surface area contributed by atoms with Gasteiger partial charge < -0.3 is 10.0 Å². The van der Waals surface area contributed by atoms with Crippen LogP contribution in [0.1, 0.15) is 35.3 Å². The summed E-state index contributed by atoms with van der Waals surface area (Å²) in [6, 6.07) is 9.06. The summed E-state index contributed by atoms with van der Waals surface area (Å²) in [6.45, 7) is 1.71. The van der Waals surface area contributed by atoms with Crippen LogP contribution >= 0.6 is 0 Å². The second kappa shape index (κ2) is 6.24. The van der Waals surface area contributed by atoms with Gasteiger partial charge in [0.15, 0.2) is 0 Å². The number of aryl methyl sites for hydroxylation is 1. The van der Waals surface area contributed by atoms with E-state index in [0.29, 0.717) is 5.56 Å². The molecule has 23 heavy (non-hydrogen) atoms. The largest absolute Gasteiger partial charge is 0.480 e. The predicted molar refractivity (Wildman–Crippen MR) is 84.6 cm³/mol. The van der Waals surface area contributed by atoms with E-state index in [4.69, 9.17) is 5.11 Å². The number of rotatable bonds is 5. The first-order chi connectivity index (χ1) is 11.1. The van der Waals surface area contributed by atoms with Gasteiger partial charge in [0.2, 0.25) is 0 Å². The molecule has 120 valence electrons. The fourth-order valence-electron chi connectivity index (χ4n) is 2.76. The molecule has 1 aromatic heterocycles. The van der Waals surface area contributed by atoms with Crippen molar-refractivity contribution in [1.82, 2.24) is 14.7 Å². The maximum atomic E-state index is 12.6. The van der Waals surface area contributed by atoms with Crippen molar-refractivity contribution in [2.45, 2.75) is 32.2 Å². The number of carbonyl (C=O) groups is 2. The first-order valence-corrected chi connectivity index (χ1v) is 7.70. The van der Waals surface area contributed by atoms with E-state index >= 15 is 0 Å². The molecule has 6 nitrogen and oxygen atoms in total. The zero-order valence-electron chi connectivity index (χ0n) is 13.0. The van der Waals surface area contributed by atoms with Gasteiger partial charge in [-0.3, -0.25) is 9.59 Å². The molecule has 0 unspecified atom stereocenters. The number of carboxylic acid groups (broad SMARTS) is 1. The molecular formula is C17H19N3O3. The molecule has 0 bridgehead atoms. The van der Waals surface area contributed by atoms with Crippen molar-refractivity contribution in [2.24, 2.45) is 0 Å². The summed E-state index contributed by atoms with van der Waals surface area (Å²) in [5.74, 6) is -1.20. The van der Waals surface area contributed by atoms with Gasteiger partial charge in [0.05, 0.1) is 5.69 Å². The highest BCUT2D eigenvalue weighted by Gasteiger charge is 2.30. The lowest BCUT2D eigenvalue weighted by Gasteiger charge is -2.36. The second-order valence-electron chi connectivity index (χ2n) is 5.84. The lowest BCUT2D eigenvalue weighted by molar-refractivity contribution is -0.138. The van der Waals surface area contributed by atoms with Crippen LogP contribution in [-0.4, -0.2) is 44.3 Å². The van der Waals surface area contributed by atoms with Gasteiger partial charge in [-0.15, -0.1) is 0 Å². The third-order valence-corrected chi connectivity index (χ3v) is 4.27. The lowest BCUT2D eigenvalue weighted by atomic mass is 9.91. The SMILES string of the molecule is Cc1ccnn1-c1ccc(C(=O)N(CC(=O)O)C2CCC2)cc1. The molecular weight excluding hydrogens is 294 g/mol. The van der Waals surface area contributed by atoms with Crippen LogP contribution in [-0.2, 0) is 4.79 Å². The molecule has 1 aromatic carbocycles. The number of carbonyl (C=O) groups excluding carboxylic acids is 1. The standard InChI is InChI=1S/C17H19N3O3/c1-12-9-10-18-20(12)15-7-5-13(6-8-15)17(23)19(11-16(21)22)14-3-2-4-14/h5-10,14H,2-4,11H2,1H3,(H,21,22). The molecule has 1 N–H and O–H groups in total. The maximum absolute atomic E-state index is 12.6. The maximum Gasteiger partial charge on any atom is 0.323 e. The smallest absolute Gasteiger partial charge is 0.323 e. The van der Waals surface area contributed by atoms with Crippen LogP contribution in [0.3, 0.4) is 0 Å². The molecule has 2 aromatic rings. The third kappa shape index (κ3) is 3.11. The lowest BCUT2D eigenvalue weighted by Crippen LogP contribution is -2.46. The summed E-state index contributed by atoms with van der Waals surface area (Å²) in [5.41, 5.74) is 2.38.